The second kappa shape index (κ2) is 5.82. The predicted octanol–water partition coefficient (Wildman–Crippen LogP) is 2.32. The Morgan fingerprint density at radius 3 is 2.50 bits per heavy atom. The Labute approximate surface area is 109 Å². The van der Waals surface area contributed by atoms with Gasteiger partial charge in [-0.25, -0.2) is 9.18 Å². The number of benzene rings is 1. The molecule has 1 aromatic rings. The quantitative estimate of drug-likeness (QED) is 0.885. The van der Waals surface area contributed by atoms with Gasteiger partial charge in [0.2, 0.25) is 0 Å². The van der Waals surface area contributed by atoms with Crippen molar-refractivity contribution in [3.05, 3.63) is 34.6 Å². The van der Waals surface area contributed by atoms with Crippen molar-refractivity contribution >= 4 is 23.5 Å². The van der Waals surface area contributed by atoms with Crippen LogP contribution in [0.15, 0.2) is 18.2 Å². The summed E-state index contributed by atoms with van der Waals surface area (Å²) >= 11 is 5.55. The van der Waals surface area contributed by atoms with Crippen molar-refractivity contribution < 1.29 is 19.1 Å². The summed E-state index contributed by atoms with van der Waals surface area (Å²) in [6.45, 7) is 3.29. The fourth-order valence-electron chi connectivity index (χ4n) is 1.41. The first-order valence-corrected chi connectivity index (χ1v) is 5.70. The molecule has 18 heavy (non-hydrogen) atoms. The Morgan fingerprint density at radius 1 is 1.39 bits per heavy atom. The molecule has 0 saturated heterocycles. The Bertz CT molecular complexity index is 476. The molecule has 2 N–H and O–H groups in total. The summed E-state index contributed by atoms with van der Waals surface area (Å²) in [6, 6.07) is 2.90. The second-order valence-electron chi connectivity index (χ2n) is 4.13. The summed E-state index contributed by atoms with van der Waals surface area (Å²) in [5.74, 6) is -3.13. The number of hydrogen-bond acceptors (Lipinski definition) is 2. The zero-order valence-electron chi connectivity index (χ0n) is 9.91. The average Bonchev–Trinajstić information content (AvgIpc) is 2.28. The SMILES string of the molecule is CC(C)[C@H](NC(=O)c1cccc(Cl)c1F)C(=O)O. The van der Waals surface area contributed by atoms with Crippen LogP contribution in [0, 0.1) is 11.7 Å². The maximum atomic E-state index is 13.6. The highest BCUT2D eigenvalue weighted by Gasteiger charge is 2.25. The highest BCUT2D eigenvalue weighted by molar-refractivity contribution is 6.31. The zero-order chi connectivity index (χ0) is 13.9. The molecule has 0 radical (unpaired) electrons. The van der Waals surface area contributed by atoms with Gasteiger partial charge in [-0.05, 0) is 18.1 Å². The van der Waals surface area contributed by atoms with Gasteiger partial charge < -0.3 is 10.4 Å². The van der Waals surface area contributed by atoms with Crippen LogP contribution >= 0.6 is 11.6 Å². The molecule has 0 aliphatic carbocycles. The summed E-state index contributed by atoms with van der Waals surface area (Å²) in [5, 5.41) is 11.0. The second-order valence-corrected chi connectivity index (χ2v) is 4.54. The van der Waals surface area contributed by atoms with E-state index in [9.17, 15) is 14.0 Å². The molecule has 0 spiro atoms. The summed E-state index contributed by atoms with van der Waals surface area (Å²) in [5.41, 5.74) is -0.269. The van der Waals surface area contributed by atoms with Crippen molar-refractivity contribution in [1.29, 1.82) is 0 Å². The number of carbonyl (C=O) groups excluding carboxylic acids is 1. The van der Waals surface area contributed by atoms with Gasteiger partial charge in [0.15, 0.2) is 5.82 Å². The number of carboxylic acids is 1. The number of amides is 1. The maximum Gasteiger partial charge on any atom is 0.326 e. The van der Waals surface area contributed by atoms with Crippen molar-refractivity contribution in [1.82, 2.24) is 5.32 Å². The minimum absolute atomic E-state index is 0.181. The molecule has 1 aromatic carbocycles. The van der Waals surface area contributed by atoms with Gasteiger partial charge in [-0.15, -0.1) is 0 Å². The predicted molar refractivity (Wildman–Crippen MR) is 65.1 cm³/mol. The van der Waals surface area contributed by atoms with E-state index in [1.165, 1.54) is 18.2 Å². The van der Waals surface area contributed by atoms with Crippen LogP contribution in [0.5, 0.6) is 0 Å². The van der Waals surface area contributed by atoms with Crippen molar-refractivity contribution in [3.8, 4) is 0 Å². The largest absolute Gasteiger partial charge is 0.480 e. The summed E-state index contributed by atoms with van der Waals surface area (Å²) in [6.07, 6.45) is 0. The van der Waals surface area contributed by atoms with Crippen LogP contribution in [-0.2, 0) is 4.79 Å². The van der Waals surface area contributed by atoms with E-state index < -0.39 is 23.7 Å². The van der Waals surface area contributed by atoms with E-state index in [0.717, 1.165) is 0 Å². The minimum Gasteiger partial charge on any atom is -0.480 e. The molecule has 1 amide bonds. The van der Waals surface area contributed by atoms with Crippen LogP contribution < -0.4 is 5.32 Å². The minimum atomic E-state index is -1.17. The van der Waals surface area contributed by atoms with Crippen LogP contribution in [0.4, 0.5) is 4.39 Å². The Hall–Kier alpha value is -1.62. The van der Waals surface area contributed by atoms with Crippen LogP contribution in [0.2, 0.25) is 5.02 Å². The first-order chi connectivity index (χ1) is 8.34. The number of hydrogen-bond donors (Lipinski definition) is 2. The van der Waals surface area contributed by atoms with Crippen molar-refractivity contribution in [2.75, 3.05) is 0 Å². The van der Waals surface area contributed by atoms with Gasteiger partial charge in [-0.2, -0.15) is 0 Å². The third-order valence-electron chi connectivity index (χ3n) is 2.42. The van der Waals surface area contributed by atoms with E-state index in [1.54, 1.807) is 13.8 Å². The third kappa shape index (κ3) is 3.20. The lowest BCUT2D eigenvalue weighted by atomic mass is 10.0. The highest BCUT2D eigenvalue weighted by atomic mass is 35.5. The average molecular weight is 274 g/mol. The van der Waals surface area contributed by atoms with Gasteiger partial charge in [0, 0.05) is 0 Å². The van der Waals surface area contributed by atoms with E-state index in [2.05, 4.69) is 5.32 Å². The molecule has 0 aliphatic heterocycles. The fourth-order valence-corrected chi connectivity index (χ4v) is 1.59. The lowest BCUT2D eigenvalue weighted by molar-refractivity contribution is -0.140. The van der Waals surface area contributed by atoms with E-state index in [0.29, 0.717) is 0 Å². The monoisotopic (exact) mass is 273 g/mol. The molecule has 4 nitrogen and oxygen atoms in total. The van der Waals surface area contributed by atoms with Crippen molar-refractivity contribution in [2.45, 2.75) is 19.9 Å². The van der Waals surface area contributed by atoms with Crippen LogP contribution in [-0.4, -0.2) is 23.0 Å². The molecule has 98 valence electrons. The Kier molecular flexibility index (Phi) is 4.67. The topological polar surface area (TPSA) is 66.4 Å². The number of rotatable bonds is 4. The molecular weight excluding hydrogens is 261 g/mol. The van der Waals surface area contributed by atoms with Gasteiger partial charge in [-0.3, -0.25) is 4.79 Å². The first-order valence-electron chi connectivity index (χ1n) is 5.32. The lowest BCUT2D eigenvalue weighted by Gasteiger charge is -2.18. The molecule has 0 aromatic heterocycles. The van der Waals surface area contributed by atoms with E-state index in [4.69, 9.17) is 16.7 Å². The van der Waals surface area contributed by atoms with Crippen LogP contribution in [0.3, 0.4) is 0 Å². The standard InChI is InChI=1S/C12H13ClFNO3/c1-6(2)10(12(17)18)15-11(16)7-4-3-5-8(13)9(7)14/h3-6,10H,1-2H3,(H,15,16)(H,17,18)/t10-/m0/s1. The van der Waals surface area contributed by atoms with Gasteiger partial charge in [0.1, 0.15) is 6.04 Å². The summed E-state index contributed by atoms with van der Waals surface area (Å²) < 4.78 is 13.6. The third-order valence-corrected chi connectivity index (χ3v) is 2.71. The van der Waals surface area contributed by atoms with Crippen LogP contribution in [0.1, 0.15) is 24.2 Å². The lowest BCUT2D eigenvalue weighted by Crippen LogP contribution is -2.44. The van der Waals surface area contributed by atoms with Gasteiger partial charge in [0.25, 0.3) is 5.91 Å². The Balaban J connectivity index is 2.94. The number of aliphatic carboxylic acids is 1. The number of halogens is 2. The van der Waals surface area contributed by atoms with Gasteiger partial charge in [-0.1, -0.05) is 31.5 Å². The van der Waals surface area contributed by atoms with Crippen molar-refractivity contribution in [3.63, 3.8) is 0 Å². The molecule has 0 bridgehead atoms. The maximum absolute atomic E-state index is 13.6. The molecular formula is C12H13ClFNO3. The summed E-state index contributed by atoms with van der Waals surface area (Å²) in [7, 11) is 0. The molecule has 1 rings (SSSR count). The Morgan fingerprint density at radius 2 is 2.00 bits per heavy atom. The molecule has 6 heteroatoms. The molecule has 0 heterocycles. The highest BCUT2D eigenvalue weighted by Crippen LogP contribution is 2.18. The van der Waals surface area contributed by atoms with Gasteiger partial charge in [0.05, 0.1) is 10.6 Å². The van der Waals surface area contributed by atoms with Gasteiger partial charge >= 0.3 is 5.97 Å². The van der Waals surface area contributed by atoms with Crippen molar-refractivity contribution in [2.24, 2.45) is 5.92 Å². The summed E-state index contributed by atoms with van der Waals surface area (Å²) in [4.78, 5) is 22.7. The smallest absolute Gasteiger partial charge is 0.326 e. The first kappa shape index (κ1) is 14.4. The van der Waals surface area contributed by atoms with E-state index >= 15 is 0 Å². The molecule has 1 atom stereocenters. The fraction of sp³-hybridized carbons (Fsp3) is 0.333. The molecule has 0 fully saturated rings. The normalized spacial score (nSPS) is 12.3. The molecule has 0 saturated carbocycles. The molecule has 0 aliphatic rings. The number of nitrogens with one attached hydrogen (secondary N) is 1. The van der Waals surface area contributed by atoms with Crippen LogP contribution in [0.25, 0.3) is 0 Å². The zero-order valence-corrected chi connectivity index (χ0v) is 10.7. The van der Waals surface area contributed by atoms with E-state index in [1.807, 2.05) is 0 Å². The molecule has 0 unspecified atom stereocenters. The van der Waals surface area contributed by atoms with E-state index in [-0.39, 0.29) is 16.5 Å². The number of carbonyl (C=O) groups is 2. The number of carboxylic acid groups (broad SMARTS) is 1.